The van der Waals surface area contributed by atoms with Crippen LogP contribution in [0.2, 0.25) is 0 Å². The van der Waals surface area contributed by atoms with Gasteiger partial charge in [0, 0.05) is 43.2 Å². The highest BCUT2D eigenvalue weighted by Crippen LogP contribution is 2.36. The van der Waals surface area contributed by atoms with Gasteiger partial charge in [0.1, 0.15) is 11.5 Å². The monoisotopic (exact) mass is 456 g/mol. The fraction of sp³-hybridized carbons (Fsp3) is 0.333. The number of benzene rings is 2. The minimum atomic E-state index is -0.526. The number of nitrogens with zero attached hydrogens (tertiary/aromatic N) is 2. The highest BCUT2D eigenvalue weighted by molar-refractivity contribution is 7.09. The lowest BCUT2D eigenvalue weighted by molar-refractivity contribution is -0.117. The van der Waals surface area contributed by atoms with Crippen molar-refractivity contribution in [2.45, 2.75) is 19.4 Å². The van der Waals surface area contributed by atoms with E-state index in [0.29, 0.717) is 30.3 Å². The summed E-state index contributed by atoms with van der Waals surface area (Å²) in [5, 5.41) is 2.63. The molecule has 0 N–H and O–H groups in total. The number of carbonyl (C=O) groups excluding carboxylic acids is 1. The Hall–Kier alpha value is -2.81. The van der Waals surface area contributed by atoms with Crippen LogP contribution in [-0.4, -0.2) is 49.1 Å². The van der Waals surface area contributed by atoms with E-state index in [1.165, 1.54) is 24.5 Å². The maximum Gasteiger partial charge on any atom is 0.204 e. The van der Waals surface area contributed by atoms with E-state index in [-0.39, 0.29) is 24.4 Å². The SMILES string of the molecule is COc1cccc(F)c1Oc1ccc(CN2CCOCC2)cc1CC(=O)Cc1nccs1. The number of carbonyl (C=O) groups is 1. The van der Waals surface area contributed by atoms with Crippen molar-refractivity contribution in [2.75, 3.05) is 33.4 Å². The lowest BCUT2D eigenvalue weighted by atomic mass is 10.0. The quantitative estimate of drug-likeness (QED) is 0.479. The number of morpholine rings is 1. The van der Waals surface area contributed by atoms with Gasteiger partial charge in [0.15, 0.2) is 11.6 Å². The third-order valence-corrected chi connectivity index (χ3v) is 6.00. The van der Waals surface area contributed by atoms with Gasteiger partial charge in [-0.2, -0.15) is 0 Å². The molecular weight excluding hydrogens is 431 g/mol. The van der Waals surface area contributed by atoms with Gasteiger partial charge < -0.3 is 14.2 Å². The molecular formula is C24H25FN2O4S. The molecule has 2 heterocycles. The first kappa shape index (κ1) is 22.4. The largest absolute Gasteiger partial charge is 0.493 e. The molecule has 1 saturated heterocycles. The Morgan fingerprint density at radius 1 is 1.19 bits per heavy atom. The van der Waals surface area contributed by atoms with Gasteiger partial charge in [-0.05, 0) is 23.8 Å². The zero-order chi connectivity index (χ0) is 22.3. The Kier molecular flexibility index (Phi) is 7.47. The van der Waals surface area contributed by atoms with Crippen molar-refractivity contribution in [3.8, 4) is 17.2 Å². The van der Waals surface area contributed by atoms with Crippen LogP contribution in [0.25, 0.3) is 0 Å². The molecule has 2 aromatic carbocycles. The van der Waals surface area contributed by atoms with E-state index < -0.39 is 5.82 Å². The molecule has 1 aromatic heterocycles. The van der Waals surface area contributed by atoms with Crippen LogP contribution in [0.5, 0.6) is 17.2 Å². The van der Waals surface area contributed by atoms with E-state index in [4.69, 9.17) is 14.2 Å². The van der Waals surface area contributed by atoms with E-state index in [2.05, 4.69) is 9.88 Å². The van der Waals surface area contributed by atoms with Crippen molar-refractivity contribution in [2.24, 2.45) is 0 Å². The van der Waals surface area contributed by atoms with E-state index in [9.17, 15) is 9.18 Å². The van der Waals surface area contributed by atoms with Crippen molar-refractivity contribution in [3.63, 3.8) is 0 Å². The summed E-state index contributed by atoms with van der Waals surface area (Å²) in [5.41, 5.74) is 1.78. The number of hydrogen-bond acceptors (Lipinski definition) is 7. The predicted molar refractivity (Wildman–Crippen MR) is 120 cm³/mol. The number of thiazole rings is 1. The summed E-state index contributed by atoms with van der Waals surface area (Å²) in [7, 11) is 1.46. The maximum absolute atomic E-state index is 14.5. The van der Waals surface area contributed by atoms with Crippen molar-refractivity contribution in [3.05, 3.63) is 69.9 Å². The van der Waals surface area contributed by atoms with E-state index in [1.54, 1.807) is 24.4 Å². The zero-order valence-corrected chi connectivity index (χ0v) is 18.7. The van der Waals surface area contributed by atoms with Gasteiger partial charge in [0.2, 0.25) is 5.75 Å². The Labute approximate surface area is 190 Å². The molecule has 0 bridgehead atoms. The Morgan fingerprint density at radius 3 is 2.78 bits per heavy atom. The van der Waals surface area contributed by atoms with Gasteiger partial charge in [0.05, 0.1) is 31.8 Å². The standard InChI is InChI=1S/C24H25FN2O4S/c1-29-22-4-2-3-20(25)24(22)31-21-6-5-17(16-27-8-10-30-11-9-27)13-18(21)14-19(28)15-23-26-7-12-32-23/h2-7,12-13H,8-11,14-16H2,1H3. The number of aromatic nitrogens is 1. The molecule has 1 fully saturated rings. The first-order chi connectivity index (χ1) is 15.6. The van der Waals surface area contributed by atoms with Crippen LogP contribution in [0, 0.1) is 5.82 Å². The van der Waals surface area contributed by atoms with Gasteiger partial charge in [-0.25, -0.2) is 9.37 Å². The maximum atomic E-state index is 14.5. The summed E-state index contributed by atoms with van der Waals surface area (Å²) < 4.78 is 31.1. The fourth-order valence-corrected chi connectivity index (χ4v) is 4.27. The molecule has 8 heteroatoms. The first-order valence-electron chi connectivity index (χ1n) is 10.4. The number of hydrogen-bond donors (Lipinski definition) is 0. The van der Waals surface area contributed by atoms with Crippen LogP contribution in [0.4, 0.5) is 4.39 Å². The Morgan fingerprint density at radius 2 is 2.03 bits per heavy atom. The number of ketones is 1. The summed E-state index contributed by atoms with van der Waals surface area (Å²) in [4.78, 5) is 19.3. The molecule has 0 aliphatic carbocycles. The molecule has 32 heavy (non-hydrogen) atoms. The summed E-state index contributed by atoms with van der Waals surface area (Å²) in [6.45, 7) is 3.91. The minimum absolute atomic E-state index is 0.00421. The zero-order valence-electron chi connectivity index (χ0n) is 17.9. The minimum Gasteiger partial charge on any atom is -0.493 e. The second-order valence-electron chi connectivity index (χ2n) is 7.52. The third-order valence-electron chi connectivity index (χ3n) is 5.22. The number of ether oxygens (including phenoxy) is 3. The van der Waals surface area contributed by atoms with Crippen LogP contribution in [0.1, 0.15) is 16.1 Å². The molecule has 0 atom stereocenters. The van der Waals surface area contributed by atoms with Gasteiger partial charge in [0.25, 0.3) is 0 Å². The number of para-hydroxylation sites is 1. The lowest BCUT2D eigenvalue weighted by Crippen LogP contribution is -2.35. The van der Waals surface area contributed by atoms with Crippen LogP contribution < -0.4 is 9.47 Å². The lowest BCUT2D eigenvalue weighted by Gasteiger charge is -2.27. The van der Waals surface area contributed by atoms with Gasteiger partial charge >= 0.3 is 0 Å². The molecule has 0 radical (unpaired) electrons. The van der Waals surface area contributed by atoms with Crippen molar-refractivity contribution in [1.29, 1.82) is 0 Å². The first-order valence-corrected chi connectivity index (χ1v) is 11.3. The molecule has 168 valence electrons. The van der Waals surface area contributed by atoms with Crippen molar-refractivity contribution < 1.29 is 23.4 Å². The second-order valence-corrected chi connectivity index (χ2v) is 8.50. The number of methoxy groups -OCH3 is 1. The molecule has 0 saturated carbocycles. The number of halogens is 1. The van der Waals surface area contributed by atoms with E-state index in [1.807, 2.05) is 17.5 Å². The predicted octanol–water partition coefficient (Wildman–Crippen LogP) is 4.27. The molecule has 1 aliphatic heterocycles. The third kappa shape index (κ3) is 5.70. The Balaban J connectivity index is 1.59. The van der Waals surface area contributed by atoms with Gasteiger partial charge in [-0.1, -0.05) is 18.2 Å². The number of Topliss-reactive ketones (excluding diaryl/α,β-unsaturated/α-hetero) is 1. The van der Waals surface area contributed by atoms with E-state index >= 15 is 0 Å². The molecule has 4 rings (SSSR count). The molecule has 6 nitrogen and oxygen atoms in total. The normalized spacial score (nSPS) is 14.3. The summed E-state index contributed by atoms with van der Waals surface area (Å²) >= 11 is 1.45. The average molecular weight is 457 g/mol. The van der Waals surface area contributed by atoms with Crippen LogP contribution in [-0.2, 0) is 28.9 Å². The smallest absolute Gasteiger partial charge is 0.204 e. The topological polar surface area (TPSA) is 60.9 Å². The number of rotatable bonds is 9. The molecule has 0 amide bonds. The highest BCUT2D eigenvalue weighted by atomic mass is 32.1. The van der Waals surface area contributed by atoms with Crippen molar-refractivity contribution in [1.82, 2.24) is 9.88 Å². The summed E-state index contributed by atoms with van der Waals surface area (Å²) in [5.74, 6) is 0.231. The molecule has 0 unspecified atom stereocenters. The van der Waals surface area contributed by atoms with Crippen LogP contribution in [0.3, 0.4) is 0 Å². The molecule has 1 aliphatic rings. The van der Waals surface area contributed by atoms with Crippen LogP contribution in [0.15, 0.2) is 48.0 Å². The molecule has 3 aromatic rings. The van der Waals surface area contributed by atoms with Gasteiger partial charge in [-0.3, -0.25) is 9.69 Å². The van der Waals surface area contributed by atoms with Gasteiger partial charge in [-0.15, -0.1) is 11.3 Å². The summed E-state index contributed by atoms with van der Waals surface area (Å²) in [6, 6.07) is 10.2. The van der Waals surface area contributed by atoms with Crippen LogP contribution >= 0.6 is 11.3 Å². The molecule has 0 spiro atoms. The van der Waals surface area contributed by atoms with E-state index in [0.717, 1.165) is 30.2 Å². The summed E-state index contributed by atoms with van der Waals surface area (Å²) in [6.07, 6.45) is 2.12. The Bertz CT molecular complexity index is 1050. The van der Waals surface area contributed by atoms with Crippen molar-refractivity contribution >= 4 is 17.1 Å². The highest BCUT2D eigenvalue weighted by Gasteiger charge is 2.18. The second kappa shape index (κ2) is 10.7. The average Bonchev–Trinajstić information content (AvgIpc) is 3.30. The fourth-order valence-electron chi connectivity index (χ4n) is 3.63.